The first-order valence-electron chi connectivity index (χ1n) is 7.43. The van der Waals surface area contributed by atoms with E-state index in [-0.39, 0.29) is 26.2 Å². The number of amides is 2. The predicted octanol–water partition coefficient (Wildman–Crippen LogP) is 1.36. The standard InChI is InChI=1S/C15H16F2N2O5/c16-9-3-8(4-10(17)6-9)5-11-13(24-14(20)18-11)12-7-23-2-1-19(12)15(21)22/h3-4,6,11-13H,1-2,5,7H2,(H,18,20)(H,21,22)/t11-,12?,13-/m0/s1. The van der Waals surface area contributed by atoms with Gasteiger partial charge in [-0.25, -0.2) is 18.4 Å². The molecule has 2 fully saturated rings. The number of carboxylic acid groups (broad SMARTS) is 1. The summed E-state index contributed by atoms with van der Waals surface area (Å²) in [7, 11) is 0. The van der Waals surface area contributed by atoms with Crippen LogP contribution in [0.2, 0.25) is 0 Å². The molecular formula is C15H16F2N2O5. The molecule has 2 heterocycles. The van der Waals surface area contributed by atoms with Crippen LogP contribution in [0.3, 0.4) is 0 Å². The zero-order valence-corrected chi connectivity index (χ0v) is 12.6. The second kappa shape index (κ2) is 6.60. The van der Waals surface area contributed by atoms with E-state index in [4.69, 9.17) is 9.47 Å². The molecule has 9 heteroatoms. The van der Waals surface area contributed by atoms with Gasteiger partial charge in [0.2, 0.25) is 0 Å². The highest BCUT2D eigenvalue weighted by molar-refractivity contribution is 5.71. The van der Waals surface area contributed by atoms with Crippen molar-refractivity contribution < 1.29 is 33.0 Å². The lowest BCUT2D eigenvalue weighted by Gasteiger charge is -2.37. The van der Waals surface area contributed by atoms with Crippen LogP contribution in [0.1, 0.15) is 5.56 Å². The first kappa shape index (κ1) is 16.4. The number of alkyl carbamates (subject to hydrolysis) is 1. The Bertz CT molecular complexity index is 637. The Balaban J connectivity index is 1.80. The van der Waals surface area contributed by atoms with Crippen molar-refractivity contribution in [1.82, 2.24) is 10.2 Å². The Morgan fingerprint density at radius 3 is 2.71 bits per heavy atom. The lowest BCUT2D eigenvalue weighted by molar-refractivity contribution is -0.0464. The molecule has 2 saturated heterocycles. The van der Waals surface area contributed by atoms with E-state index in [9.17, 15) is 23.5 Å². The van der Waals surface area contributed by atoms with Gasteiger partial charge in [-0.15, -0.1) is 0 Å². The van der Waals surface area contributed by atoms with E-state index < -0.39 is 42.0 Å². The minimum absolute atomic E-state index is 0.0833. The maximum absolute atomic E-state index is 13.3. The summed E-state index contributed by atoms with van der Waals surface area (Å²) in [4.78, 5) is 24.1. The molecule has 0 spiro atoms. The van der Waals surface area contributed by atoms with Crippen molar-refractivity contribution in [2.75, 3.05) is 19.8 Å². The van der Waals surface area contributed by atoms with Crippen LogP contribution in [-0.4, -0.2) is 60.1 Å². The minimum atomic E-state index is -1.14. The van der Waals surface area contributed by atoms with Crippen LogP contribution in [0.25, 0.3) is 0 Å². The molecule has 24 heavy (non-hydrogen) atoms. The van der Waals surface area contributed by atoms with Gasteiger partial charge in [-0.3, -0.25) is 4.90 Å². The summed E-state index contributed by atoms with van der Waals surface area (Å²) in [5, 5.41) is 11.9. The van der Waals surface area contributed by atoms with Crippen LogP contribution in [0, 0.1) is 11.6 Å². The lowest BCUT2D eigenvalue weighted by Crippen LogP contribution is -2.57. The number of carbonyl (C=O) groups excluding carboxylic acids is 1. The Labute approximate surface area is 136 Å². The third-order valence-electron chi connectivity index (χ3n) is 4.11. The highest BCUT2D eigenvalue weighted by Gasteiger charge is 2.44. The largest absolute Gasteiger partial charge is 0.465 e. The number of hydrogen-bond donors (Lipinski definition) is 2. The first-order valence-corrected chi connectivity index (χ1v) is 7.43. The maximum atomic E-state index is 13.3. The van der Waals surface area contributed by atoms with E-state index in [0.717, 1.165) is 23.1 Å². The number of halogens is 2. The van der Waals surface area contributed by atoms with Crippen molar-refractivity contribution in [2.24, 2.45) is 0 Å². The molecule has 7 nitrogen and oxygen atoms in total. The van der Waals surface area contributed by atoms with Crippen LogP contribution in [0.4, 0.5) is 18.4 Å². The number of carbonyl (C=O) groups is 2. The molecule has 2 aliphatic heterocycles. The van der Waals surface area contributed by atoms with Crippen molar-refractivity contribution in [3.8, 4) is 0 Å². The van der Waals surface area contributed by atoms with Gasteiger partial charge in [-0.05, 0) is 24.1 Å². The second-order valence-electron chi connectivity index (χ2n) is 5.72. The molecule has 0 bridgehead atoms. The summed E-state index contributed by atoms with van der Waals surface area (Å²) in [5.74, 6) is -1.44. The SMILES string of the molecule is O=C1N[C@@H](Cc2cc(F)cc(F)c2)[C@@H](C2COCCN2C(=O)O)O1. The molecule has 1 aromatic rings. The normalized spacial score (nSPS) is 26.8. The molecule has 3 rings (SSSR count). The smallest absolute Gasteiger partial charge is 0.407 e. The summed E-state index contributed by atoms with van der Waals surface area (Å²) in [6.07, 6.45) is -2.53. The number of cyclic esters (lactones) is 1. The number of morpholine rings is 1. The Hall–Kier alpha value is -2.42. The minimum Gasteiger partial charge on any atom is -0.465 e. The number of nitrogens with one attached hydrogen (secondary N) is 1. The third-order valence-corrected chi connectivity index (χ3v) is 4.11. The van der Waals surface area contributed by atoms with Gasteiger partial charge in [-0.1, -0.05) is 0 Å². The number of hydrogen-bond acceptors (Lipinski definition) is 4. The zero-order chi connectivity index (χ0) is 17.3. The van der Waals surface area contributed by atoms with Crippen LogP contribution >= 0.6 is 0 Å². The van der Waals surface area contributed by atoms with E-state index >= 15 is 0 Å². The number of benzene rings is 1. The van der Waals surface area contributed by atoms with Crippen molar-refractivity contribution >= 4 is 12.2 Å². The topological polar surface area (TPSA) is 88.1 Å². The summed E-state index contributed by atoms with van der Waals surface area (Å²) >= 11 is 0. The summed E-state index contributed by atoms with van der Waals surface area (Å²) < 4.78 is 37.2. The van der Waals surface area contributed by atoms with Crippen molar-refractivity contribution in [3.63, 3.8) is 0 Å². The fraction of sp³-hybridized carbons (Fsp3) is 0.467. The van der Waals surface area contributed by atoms with Crippen LogP contribution < -0.4 is 5.32 Å². The van der Waals surface area contributed by atoms with Crippen molar-refractivity contribution in [2.45, 2.75) is 24.6 Å². The highest BCUT2D eigenvalue weighted by Crippen LogP contribution is 2.23. The van der Waals surface area contributed by atoms with E-state index in [2.05, 4.69) is 5.32 Å². The molecule has 3 atom stereocenters. The Morgan fingerprint density at radius 2 is 2.04 bits per heavy atom. The van der Waals surface area contributed by atoms with Gasteiger partial charge in [0.25, 0.3) is 0 Å². The first-order chi connectivity index (χ1) is 11.4. The third kappa shape index (κ3) is 3.40. The van der Waals surface area contributed by atoms with Gasteiger partial charge in [0, 0.05) is 12.6 Å². The molecule has 0 radical (unpaired) electrons. The van der Waals surface area contributed by atoms with Gasteiger partial charge < -0.3 is 19.9 Å². The molecular weight excluding hydrogens is 326 g/mol. The van der Waals surface area contributed by atoms with Crippen LogP contribution in [0.15, 0.2) is 18.2 Å². The molecule has 1 aromatic carbocycles. The number of nitrogens with zero attached hydrogens (tertiary/aromatic N) is 1. The van der Waals surface area contributed by atoms with Gasteiger partial charge in [0.05, 0.1) is 25.3 Å². The maximum Gasteiger partial charge on any atom is 0.407 e. The molecule has 2 aliphatic rings. The summed E-state index contributed by atoms with van der Waals surface area (Å²) in [6.45, 7) is 0.506. The monoisotopic (exact) mass is 342 g/mol. The van der Waals surface area contributed by atoms with Crippen molar-refractivity contribution in [3.05, 3.63) is 35.4 Å². The average Bonchev–Trinajstić information content (AvgIpc) is 2.86. The predicted molar refractivity (Wildman–Crippen MR) is 76.6 cm³/mol. The van der Waals surface area contributed by atoms with Crippen molar-refractivity contribution in [1.29, 1.82) is 0 Å². The Morgan fingerprint density at radius 1 is 1.33 bits per heavy atom. The molecule has 0 aromatic heterocycles. The van der Waals surface area contributed by atoms with Gasteiger partial charge in [-0.2, -0.15) is 0 Å². The average molecular weight is 342 g/mol. The van der Waals surface area contributed by atoms with Gasteiger partial charge >= 0.3 is 12.2 Å². The fourth-order valence-corrected chi connectivity index (χ4v) is 3.10. The summed E-state index contributed by atoms with van der Waals surface area (Å²) in [6, 6.07) is 1.78. The molecule has 1 unspecified atom stereocenters. The second-order valence-corrected chi connectivity index (χ2v) is 5.72. The Kier molecular flexibility index (Phi) is 4.52. The fourth-order valence-electron chi connectivity index (χ4n) is 3.10. The van der Waals surface area contributed by atoms with E-state index in [1.54, 1.807) is 0 Å². The lowest BCUT2D eigenvalue weighted by atomic mass is 9.96. The molecule has 130 valence electrons. The van der Waals surface area contributed by atoms with E-state index in [0.29, 0.717) is 5.56 Å². The van der Waals surface area contributed by atoms with Crippen LogP contribution in [-0.2, 0) is 15.9 Å². The molecule has 2 N–H and O–H groups in total. The van der Waals surface area contributed by atoms with Crippen LogP contribution in [0.5, 0.6) is 0 Å². The molecule has 0 saturated carbocycles. The van der Waals surface area contributed by atoms with Gasteiger partial charge in [0.15, 0.2) is 0 Å². The zero-order valence-electron chi connectivity index (χ0n) is 12.6. The van der Waals surface area contributed by atoms with E-state index in [1.165, 1.54) is 0 Å². The quantitative estimate of drug-likeness (QED) is 0.866. The molecule has 2 amide bonds. The number of rotatable bonds is 3. The highest BCUT2D eigenvalue weighted by atomic mass is 19.1. The van der Waals surface area contributed by atoms with Gasteiger partial charge in [0.1, 0.15) is 17.7 Å². The number of ether oxygens (including phenoxy) is 2. The van der Waals surface area contributed by atoms with E-state index in [1.807, 2.05) is 0 Å². The summed E-state index contributed by atoms with van der Waals surface area (Å²) in [5.41, 5.74) is 0.340. The molecule has 0 aliphatic carbocycles.